The Kier molecular flexibility index (Phi) is 5.02. The van der Waals surface area contributed by atoms with Crippen molar-refractivity contribution >= 4 is 16.7 Å². The van der Waals surface area contributed by atoms with Gasteiger partial charge in [-0.2, -0.15) is 0 Å². The third kappa shape index (κ3) is 3.91. The predicted molar refractivity (Wildman–Crippen MR) is 101 cm³/mol. The number of benzene rings is 2. The Labute approximate surface area is 150 Å². The highest BCUT2D eigenvalue weighted by Crippen LogP contribution is 2.20. The van der Waals surface area contributed by atoms with Crippen LogP contribution in [-0.4, -0.2) is 15.9 Å². The Morgan fingerprint density at radius 3 is 2.54 bits per heavy atom. The highest BCUT2D eigenvalue weighted by atomic mass is 16.2. The van der Waals surface area contributed by atoms with E-state index in [1.165, 1.54) is 0 Å². The van der Waals surface area contributed by atoms with E-state index in [9.17, 15) is 14.4 Å². The Balaban J connectivity index is 1.65. The number of aromatic amines is 2. The van der Waals surface area contributed by atoms with Crippen LogP contribution < -0.4 is 16.6 Å². The number of H-pyrrole nitrogens is 2. The van der Waals surface area contributed by atoms with Crippen LogP contribution in [0.2, 0.25) is 0 Å². The molecule has 1 atom stereocenters. The first-order valence-electron chi connectivity index (χ1n) is 8.54. The molecule has 0 radical (unpaired) electrons. The molecule has 0 fully saturated rings. The Morgan fingerprint density at radius 1 is 1.08 bits per heavy atom. The van der Waals surface area contributed by atoms with Crippen LogP contribution in [0.15, 0.2) is 52.1 Å². The zero-order valence-corrected chi connectivity index (χ0v) is 14.8. The fraction of sp³-hybridized carbons (Fsp3) is 0.250. The monoisotopic (exact) mass is 351 g/mol. The second-order valence-corrected chi connectivity index (χ2v) is 6.41. The molecule has 1 aromatic heterocycles. The summed E-state index contributed by atoms with van der Waals surface area (Å²) in [5.74, 6) is -0.143. The van der Waals surface area contributed by atoms with Crippen LogP contribution >= 0.6 is 0 Å². The van der Waals surface area contributed by atoms with Gasteiger partial charge in [0.1, 0.15) is 0 Å². The number of nitrogens with one attached hydrogen (secondary N) is 3. The SMILES string of the molecule is Cc1[nH]c(=O)[nH]c(=O)c1CCC(=O)NC(C)c1ccc2ccccc2c1. The quantitative estimate of drug-likeness (QED) is 0.658. The van der Waals surface area contributed by atoms with E-state index in [1.54, 1.807) is 6.92 Å². The third-order valence-corrected chi connectivity index (χ3v) is 4.51. The van der Waals surface area contributed by atoms with Crippen molar-refractivity contribution in [2.75, 3.05) is 0 Å². The van der Waals surface area contributed by atoms with E-state index in [-0.39, 0.29) is 24.8 Å². The van der Waals surface area contributed by atoms with E-state index in [2.05, 4.69) is 21.4 Å². The lowest BCUT2D eigenvalue weighted by Gasteiger charge is -2.15. The van der Waals surface area contributed by atoms with E-state index in [0.717, 1.165) is 16.3 Å². The van der Waals surface area contributed by atoms with Gasteiger partial charge < -0.3 is 10.3 Å². The number of fused-ring (bicyclic) bond motifs is 1. The van der Waals surface area contributed by atoms with E-state index in [4.69, 9.17) is 0 Å². The van der Waals surface area contributed by atoms with Crippen LogP contribution in [0.25, 0.3) is 10.8 Å². The molecule has 3 rings (SSSR count). The molecule has 0 saturated heterocycles. The molecule has 134 valence electrons. The molecule has 0 aliphatic carbocycles. The summed E-state index contributed by atoms with van der Waals surface area (Å²) in [5.41, 5.74) is 0.967. The molecular weight excluding hydrogens is 330 g/mol. The topological polar surface area (TPSA) is 94.8 Å². The average molecular weight is 351 g/mol. The molecule has 2 aromatic carbocycles. The first kappa shape index (κ1) is 17.7. The first-order chi connectivity index (χ1) is 12.4. The van der Waals surface area contributed by atoms with Crippen LogP contribution in [-0.2, 0) is 11.2 Å². The van der Waals surface area contributed by atoms with Gasteiger partial charge in [0.05, 0.1) is 6.04 Å². The molecule has 1 unspecified atom stereocenters. The van der Waals surface area contributed by atoms with Gasteiger partial charge in [0, 0.05) is 17.7 Å². The summed E-state index contributed by atoms with van der Waals surface area (Å²) < 4.78 is 0. The van der Waals surface area contributed by atoms with Gasteiger partial charge in [0.15, 0.2) is 0 Å². The average Bonchev–Trinajstić information content (AvgIpc) is 2.60. The Hall–Kier alpha value is -3.15. The smallest absolute Gasteiger partial charge is 0.325 e. The molecule has 3 N–H and O–H groups in total. The van der Waals surface area contributed by atoms with Crippen LogP contribution in [0.1, 0.15) is 36.2 Å². The van der Waals surface area contributed by atoms with Crippen molar-refractivity contribution in [3.05, 3.63) is 80.1 Å². The Bertz CT molecular complexity index is 1070. The molecule has 3 aromatic rings. The van der Waals surface area contributed by atoms with Gasteiger partial charge in [-0.1, -0.05) is 36.4 Å². The molecule has 26 heavy (non-hydrogen) atoms. The summed E-state index contributed by atoms with van der Waals surface area (Å²) in [6.45, 7) is 3.58. The Morgan fingerprint density at radius 2 is 1.81 bits per heavy atom. The summed E-state index contributed by atoms with van der Waals surface area (Å²) >= 11 is 0. The van der Waals surface area contributed by atoms with Crippen LogP contribution in [0.3, 0.4) is 0 Å². The van der Waals surface area contributed by atoms with Crippen LogP contribution in [0, 0.1) is 6.92 Å². The van der Waals surface area contributed by atoms with Gasteiger partial charge >= 0.3 is 5.69 Å². The van der Waals surface area contributed by atoms with Crippen LogP contribution in [0.5, 0.6) is 0 Å². The molecule has 0 aliphatic heterocycles. The fourth-order valence-corrected chi connectivity index (χ4v) is 3.04. The molecule has 0 saturated carbocycles. The van der Waals surface area contributed by atoms with Gasteiger partial charge in [-0.25, -0.2) is 4.79 Å². The minimum atomic E-state index is -0.536. The minimum absolute atomic E-state index is 0.137. The van der Waals surface area contributed by atoms with Crippen molar-refractivity contribution in [1.29, 1.82) is 0 Å². The number of hydrogen-bond acceptors (Lipinski definition) is 3. The van der Waals surface area contributed by atoms with Gasteiger partial charge in [-0.05, 0) is 42.7 Å². The normalized spacial score (nSPS) is 12.1. The van der Waals surface area contributed by atoms with E-state index >= 15 is 0 Å². The number of amides is 1. The molecule has 1 amide bonds. The minimum Gasteiger partial charge on any atom is -0.350 e. The standard InChI is InChI=1S/C20H21N3O3/c1-12(15-8-7-14-5-3-4-6-16(14)11-15)21-18(24)10-9-17-13(2)22-20(26)23-19(17)25/h3-8,11-12H,9-10H2,1-2H3,(H,21,24)(H2,22,23,25,26). The van der Waals surface area contributed by atoms with Gasteiger partial charge in [-0.3, -0.25) is 14.6 Å². The largest absolute Gasteiger partial charge is 0.350 e. The van der Waals surface area contributed by atoms with Gasteiger partial charge in [-0.15, -0.1) is 0 Å². The number of carbonyl (C=O) groups excluding carboxylic acids is 1. The van der Waals surface area contributed by atoms with Crippen molar-refractivity contribution in [2.24, 2.45) is 0 Å². The lowest BCUT2D eigenvalue weighted by molar-refractivity contribution is -0.121. The summed E-state index contributed by atoms with van der Waals surface area (Å²) in [4.78, 5) is 40.0. The van der Waals surface area contributed by atoms with Crippen molar-refractivity contribution in [3.63, 3.8) is 0 Å². The molecule has 0 spiro atoms. The second kappa shape index (κ2) is 7.39. The lowest BCUT2D eigenvalue weighted by Crippen LogP contribution is -2.30. The zero-order valence-electron chi connectivity index (χ0n) is 14.8. The number of aromatic nitrogens is 2. The maximum atomic E-state index is 12.3. The maximum absolute atomic E-state index is 12.3. The number of aryl methyl sites for hydroxylation is 1. The number of hydrogen-bond donors (Lipinski definition) is 3. The van der Waals surface area contributed by atoms with Crippen molar-refractivity contribution < 1.29 is 4.79 Å². The second-order valence-electron chi connectivity index (χ2n) is 6.41. The van der Waals surface area contributed by atoms with Crippen LogP contribution in [0.4, 0.5) is 0 Å². The summed E-state index contributed by atoms with van der Waals surface area (Å²) in [5, 5.41) is 5.24. The third-order valence-electron chi connectivity index (χ3n) is 4.51. The zero-order chi connectivity index (χ0) is 18.7. The van der Waals surface area contributed by atoms with E-state index < -0.39 is 11.2 Å². The van der Waals surface area contributed by atoms with Gasteiger partial charge in [0.2, 0.25) is 5.91 Å². The number of rotatable bonds is 5. The molecule has 1 heterocycles. The molecule has 6 heteroatoms. The van der Waals surface area contributed by atoms with Crippen molar-refractivity contribution in [2.45, 2.75) is 32.7 Å². The number of carbonyl (C=O) groups is 1. The van der Waals surface area contributed by atoms with Crippen molar-refractivity contribution in [1.82, 2.24) is 15.3 Å². The maximum Gasteiger partial charge on any atom is 0.325 e. The predicted octanol–water partition coefficient (Wildman–Crippen LogP) is 2.33. The molecule has 0 aliphatic rings. The first-order valence-corrected chi connectivity index (χ1v) is 8.54. The molecule has 6 nitrogen and oxygen atoms in total. The van der Waals surface area contributed by atoms with E-state index in [0.29, 0.717) is 11.3 Å². The van der Waals surface area contributed by atoms with E-state index in [1.807, 2.05) is 43.3 Å². The summed E-state index contributed by atoms with van der Waals surface area (Å²) in [7, 11) is 0. The lowest BCUT2D eigenvalue weighted by atomic mass is 10.0. The molecule has 0 bridgehead atoms. The van der Waals surface area contributed by atoms with Gasteiger partial charge in [0.25, 0.3) is 5.56 Å². The van der Waals surface area contributed by atoms with Crippen molar-refractivity contribution in [3.8, 4) is 0 Å². The fourth-order valence-electron chi connectivity index (χ4n) is 3.04. The highest BCUT2D eigenvalue weighted by molar-refractivity contribution is 5.83. The summed E-state index contributed by atoms with van der Waals surface area (Å²) in [6.07, 6.45) is 0.447. The highest BCUT2D eigenvalue weighted by Gasteiger charge is 2.12. The molecular formula is C20H21N3O3. The summed E-state index contributed by atoms with van der Waals surface area (Å²) in [6, 6.07) is 14.0.